The number of hydrogen-bond donors (Lipinski definition) is 4. The van der Waals surface area contributed by atoms with Crippen LogP contribution in [0.4, 0.5) is 0 Å². The Morgan fingerprint density at radius 1 is 1.23 bits per heavy atom. The number of aromatic hydroxyl groups is 1. The molecule has 2 amide bonds. The molecule has 6 nitrogen and oxygen atoms in total. The van der Waals surface area contributed by atoms with Crippen molar-refractivity contribution in [2.24, 2.45) is 11.7 Å². The van der Waals surface area contributed by atoms with Gasteiger partial charge in [0, 0.05) is 17.1 Å². The lowest BCUT2D eigenvalue weighted by Gasteiger charge is -2.26. The van der Waals surface area contributed by atoms with Crippen LogP contribution in [0.15, 0.2) is 49.1 Å². The Balaban J connectivity index is 1.82. The minimum Gasteiger partial charge on any atom is -0.508 e. The second kappa shape index (κ2) is 10.2. The van der Waals surface area contributed by atoms with Gasteiger partial charge in [0.1, 0.15) is 11.8 Å². The summed E-state index contributed by atoms with van der Waals surface area (Å²) in [6.45, 7) is 3.76. The highest BCUT2D eigenvalue weighted by Crippen LogP contribution is 2.32. The first-order valence-electron chi connectivity index (χ1n) is 9.97. The Hall–Kier alpha value is -2.54. The topological polar surface area (TPSA) is 104 Å². The molecule has 3 rings (SSSR count). The van der Waals surface area contributed by atoms with Crippen LogP contribution in [0.5, 0.6) is 5.75 Å². The van der Waals surface area contributed by atoms with Gasteiger partial charge < -0.3 is 21.5 Å². The number of primary amides is 1. The molecule has 0 spiro atoms. The smallest absolute Gasteiger partial charge is 0.240 e. The Morgan fingerprint density at radius 2 is 1.87 bits per heavy atom. The van der Waals surface area contributed by atoms with Crippen LogP contribution in [0.1, 0.15) is 23.1 Å². The van der Waals surface area contributed by atoms with E-state index in [2.05, 4.69) is 29.3 Å². The molecule has 2 aromatic rings. The van der Waals surface area contributed by atoms with E-state index >= 15 is 0 Å². The molecule has 164 valence electrons. The molecular weight excluding hydrogens is 437 g/mol. The van der Waals surface area contributed by atoms with Gasteiger partial charge in [0.25, 0.3) is 0 Å². The third kappa shape index (κ3) is 5.58. The highest BCUT2D eigenvalue weighted by Gasteiger charge is 2.34. The molecule has 0 unspecified atom stereocenters. The summed E-state index contributed by atoms with van der Waals surface area (Å²) in [5, 5.41) is 16.8. The number of carbonyl (C=O) groups is 2. The summed E-state index contributed by atoms with van der Waals surface area (Å²) < 4.78 is 0. The molecule has 0 fully saturated rings. The van der Waals surface area contributed by atoms with Gasteiger partial charge in [0.05, 0.1) is 11.1 Å². The number of amides is 2. The number of phenolic OH excluding ortho intramolecular Hbond substituents is 1. The lowest BCUT2D eigenvalue weighted by atomic mass is 9.94. The Kier molecular flexibility index (Phi) is 7.59. The fraction of sp³-hybridized carbons (Fsp3) is 0.304. The van der Waals surface area contributed by atoms with Gasteiger partial charge in [-0.05, 0) is 48.4 Å². The molecule has 2 atom stereocenters. The van der Waals surface area contributed by atoms with E-state index in [4.69, 9.17) is 28.9 Å². The summed E-state index contributed by atoms with van der Waals surface area (Å²) in [7, 11) is 0. The van der Waals surface area contributed by atoms with Crippen LogP contribution in [-0.4, -0.2) is 29.0 Å². The Labute approximate surface area is 191 Å². The minimum atomic E-state index is -0.842. The number of rotatable bonds is 9. The normalized spacial score (nSPS) is 15.2. The summed E-state index contributed by atoms with van der Waals surface area (Å²) in [5.41, 5.74) is 8.25. The van der Waals surface area contributed by atoms with Gasteiger partial charge in [-0.25, -0.2) is 0 Å². The van der Waals surface area contributed by atoms with Gasteiger partial charge in [-0.2, -0.15) is 0 Å². The zero-order valence-corrected chi connectivity index (χ0v) is 18.4. The molecule has 0 bridgehead atoms. The number of nitrogens with one attached hydrogen (secondary N) is 2. The summed E-state index contributed by atoms with van der Waals surface area (Å²) >= 11 is 12.2. The predicted molar refractivity (Wildman–Crippen MR) is 122 cm³/mol. The maximum absolute atomic E-state index is 13.2. The number of carbonyl (C=O) groups excluding carboxylic acids is 2. The van der Waals surface area contributed by atoms with Gasteiger partial charge in [-0.3, -0.25) is 9.59 Å². The quantitative estimate of drug-likeness (QED) is 0.430. The molecule has 0 aliphatic heterocycles. The van der Waals surface area contributed by atoms with Crippen LogP contribution >= 0.6 is 23.2 Å². The van der Waals surface area contributed by atoms with E-state index in [0.717, 1.165) is 0 Å². The Bertz CT molecular complexity index is 948. The lowest BCUT2D eigenvalue weighted by molar-refractivity contribution is -0.129. The van der Waals surface area contributed by atoms with Crippen molar-refractivity contribution in [3.63, 3.8) is 0 Å². The largest absolute Gasteiger partial charge is 0.508 e. The van der Waals surface area contributed by atoms with Gasteiger partial charge in [-0.15, -0.1) is 6.58 Å². The molecule has 2 aromatic carbocycles. The van der Waals surface area contributed by atoms with Crippen molar-refractivity contribution in [2.75, 3.05) is 0 Å². The highest BCUT2D eigenvalue weighted by molar-refractivity contribution is 6.35. The molecule has 0 aromatic heterocycles. The molecule has 0 saturated carbocycles. The number of benzene rings is 2. The van der Waals surface area contributed by atoms with Crippen LogP contribution in [-0.2, 0) is 29.0 Å². The minimum absolute atomic E-state index is 0.0390. The van der Waals surface area contributed by atoms with Crippen molar-refractivity contribution in [1.82, 2.24) is 10.6 Å². The van der Waals surface area contributed by atoms with E-state index in [9.17, 15) is 14.7 Å². The van der Waals surface area contributed by atoms with E-state index in [1.165, 1.54) is 29.3 Å². The van der Waals surface area contributed by atoms with Crippen LogP contribution < -0.4 is 16.4 Å². The Morgan fingerprint density at radius 3 is 2.42 bits per heavy atom. The average Bonchev–Trinajstić information content (AvgIpc) is 3.13. The molecule has 31 heavy (non-hydrogen) atoms. The highest BCUT2D eigenvalue weighted by atomic mass is 35.5. The van der Waals surface area contributed by atoms with Crippen molar-refractivity contribution >= 4 is 35.0 Å². The van der Waals surface area contributed by atoms with Gasteiger partial charge in [0.15, 0.2) is 0 Å². The van der Waals surface area contributed by atoms with Crippen LogP contribution in [0.2, 0.25) is 10.0 Å². The second-order valence-electron chi connectivity index (χ2n) is 7.67. The second-order valence-corrected chi connectivity index (χ2v) is 8.51. The van der Waals surface area contributed by atoms with E-state index < -0.39 is 18.0 Å². The molecule has 5 N–H and O–H groups in total. The standard InChI is InChI=1S/C23H25Cl2N3O3/c1-2-5-19(22(26)30)28-23(31)21(15-8-13-6-3-4-7-14(13)9-15)27-12-17-18(25)10-16(24)11-20(17)29/h2-4,6-7,10-11,15,19,21,27,29H,1,5,8-9,12H2,(H2,26,30)(H,28,31)/t19-,21-/m1/s1. The first-order chi connectivity index (χ1) is 14.8. The average molecular weight is 462 g/mol. The SMILES string of the molecule is C=CC[C@@H](NC(=O)[C@H](NCc1c(O)cc(Cl)cc1Cl)C1Cc2ccccc2C1)C(N)=O. The lowest BCUT2D eigenvalue weighted by Crippen LogP contribution is -2.54. The number of halogens is 2. The fourth-order valence-electron chi connectivity index (χ4n) is 3.95. The third-order valence-corrected chi connectivity index (χ3v) is 6.09. The zero-order chi connectivity index (χ0) is 22.5. The van der Waals surface area contributed by atoms with Crippen molar-refractivity contribution < 1.29 is 14.7 Å². The molecule has 0 saturated heterocycles. The van der Waals surface area contributed by atoms with Gasteiger partial charge in [-0.1, -0.05) is 53.5 Å². The number of fused-ring (bicyclic) bond motifs is 1. The van der Waals surface area contributed by atoms with E-state index in [1.807, 2.05) is 12.1 Å². The summed E-state index contributed by atoms with van der Waals surface area (Å²) in [5.74, 6) is -1.06. The van der Waals surface area contributed by atoms with E-state index in [1.54, 1.807) is 0 Å². The maximum atomic E-state index is 13.2. The molecule has 1 aliphatic carbocycles. The third-order valence-electron chi connectivity index (χ3n) is 5.53. The molecule has 0 radical (unpaired) electrons. The summed E-state index contributed by atoms with van der Waals surface area (Å²) in [6, 6.07) is 9.51. The molecular formula is C23H25Cl2N3O3. The first kappa shape index (κ1) is 23.1. The van der Waals surface area contributed by atoms with Crippen molar-refractivity contribution in [2.45, 2.75) is 37.9 Å². The van der Waals surface area contributed by atoms with Crippen molar-refractivity contribution in [3.05, 3.63) is 75.8 Å². The van der Waals surface area contributed by atoms with Crippen molar-refractivity contribution in [1.29, 1.82) is 0 Å². The number of hydrogen-bond acceptors (Lipinski definition) is 4. The monoisotopic (exact) mass is 461 g/mol. The fourth-order valence-corrected chi connectivity index (χ4v) is 4.50. The first-order valence-corrected chi connectivity index (χ1v) is 10.7. The van der Waals surface area contributed by atoms with E-state index in [0.29, 0.717) is 28.5 Å². The molecule has 8 heteroatoms. The number of nitrogens with two attached hydrogens (primary N) is 1. The van der Waals surface area contributed by atoms with Gasteiger partial charge >= 0.3 is 0 Å². The van der Waals surface area contributed by atoms with Crippen LogP contribution in [0.25, 0.3) is 0 Å². The molecule has 1 aliphatic rings. The number of phenols is 1. The molecule has 0 heterocycles. The summed E-state index contributed by atoms with van der Waals surface area (Å²) in [6.07, 6.45) is 3.20. The zero-order valence-electron chi connectivity index (χ0n) is 16.9. The van der Waals surface area contributed by atoms with Crippen LogP contribution in [0, 0.1) is 5.92 Å². The predicted octanol–water partition coefficient (Wildman–Crippen LogP) is 3.12. The van der Waals surface area contributed by atoms with Gasteiger partial charge in [0.2, 0.25) is 11.8 Å². The summed E-state index contributed by atoms with van der Waals surface area (Å²) in [4.78, 5) is 24.9. The van der Waals surface area contributed by atoms with Crippen LogP contribution in [0.3, 0.4) is 0 Å². The van der Waals surface area contributed by atoms with E-state index in [-0.39, 0.29) is 30.5 Å². The maximum Gasteiger partial charge on any atom is 0.240 e. The van der Waals surface area contributed by atoms with Crippen molar-refractivity contribution in [3.8, 4) is 5.75 Å².